The summed E-state index contributed by atoms with van der Waals surface area (Å²) in [5.41, 5.74) is 14.6. The fourth-order valence-corrected chi connectivity index (χ4v) is 22.9. The van der Waals surface area contributed by atoms with Gasteiger partial charge in [-0.3, -0.25) is 20.2 Å². The van der Waals surface area contributed by atoms with Gasteiger partial charge >= 0.3 is 7.12 Å². The third-order valence-corrected chi connectivity index (χ3v) is 30.1. The SMILES string of the molecule is Brc1cc2oc3ccccc3c2c2ccccc12.CC1(C)OB(c2cc3oc4ccccc4c3c3ccccc23)OC1(C)C.O=[N+]([O-])c1c(-c2cc3oc4ccccc4c3c3ccccc23)ccc2ccccc12.O=[N+]([O-])c1c(Br)ccc2ccccc12.c1ccc(P(c2ccccc2)c2ccccc2)cc1.c1ccc2c3c(ccc2c1)-c1c(c2oc4ccccc4c2c2ccccc12)C3. The topological polar surface area (TPSA) is 157 Å². The number of benzene rings is 21. The lowest BCUT2D eigenvalue weighted by Gasteiger charge is -2.32. The minimum Gasteiger partial charge on any atom is -0.456 e. The van der Waals surface area contributed by atoms with Crippen LogP contribution in [0.5, 0.6) is 0 Å². The predicted molar refractivity (Wildman–Crippen MR) is 567 cm³/mol. The second-order valence-corrected chi connectivity index (χ2v) is 38.7. The first kappa shape index (κ1) is 85.3. The van der Waals surface area contributed by atoms with Crippen molar-refractivity contribution in [3.8, 4) is 22.3 Å². The Hall–Kier alpha value is -15.2. The van der Waals surface area contributed by atoms with Crippen LogP contribution < -0.4 is 21.4 Å². The van der Waals surface area contributed by atoms with E-state index in [2.05, 4.69) is 314 Å². The van der Waals surface area contributed by atoms with Crippen LogP contribution in [0.1, 0.15) is 38.8 Å². The van der Waals surface area contributed by atoms with Gasteiger partial charge in [-0.1, -0.05) is 362 Å². The molecule has 12 nitrogen and oxygen atoms in total. The average molecular weight is 1900 g/mol. The first-order valence-electron chi connectivity index (χ1n) is 44.8. The number of furan rings is 4. The molecule has 0 bridgehead atoms. The maximum absolute atomic E-state index is 12.1. The zero-order valence-electron chi connectivity index (χ0n) is 73.7. The van der Waals surface area contributed by atoms with Crippen molar-refractivity contribution in [2.75, 3.05) is 0 Å². The highest BCUT2D eigenvalue weighted by molar-refractivity contribution is 9.11. The summed E-state index contributed by atoms with van der Waals surface area (Å²) in [7, 11) is -0.860. The Morgan fingerprint density at radius 2 is 0.622 bits per heavy atom. The van der Waals surface area contributed by atoms with Gasteiger partial charge in [0.1, 0.15) is 44.7 Å². The number of nitro benzene ring substituents is 2. The van der Waals surface area contributed by atoms with E-state index >= 15 is 0 Å². The van der Waals surface area contributed by atoms with Gasteiger partial charge in [0.05, 0.1) is 41.9 Å². The number of nitro groups is 2. The Morgan fingerprint density at radius 1 is 0.281 bits per heavy atom. The lowest BCUT2D eigenvalue weighted by molar-refractivity contribution is -0.383. The van der Waals surface area contributed by atoms with Gasteiger partial charge in [-0.2, -0.15) is 0 Å². The molecule has 0 radical (unpaired) electrons. The molecule has 1 aliphatic heterocycles. The molecule has 1 saturated heterocycles. The van der Waals surface area contributed by atoms with Crippen LogP contribution in [0.3, 0.4) is 0 Å². The molecule has 4 aromatic heterocycles. The van der Waals surface area contributed by atoms with Gasteiger partial charge in [0.15, 0.2) is 0 Å². The zero-order valence-corrected chi connectivity index (χ0v) is 77.8. The Kier molecular flexibility index (Phi) is 22.4. The molecular weight excluding hydrogens is 1820 g/mol. The van der Waals surface area contributed by atoms with E-state index in [1.165, 1.54) is 97.4 Å². The Balaban J connectivity index is 0.0000000957. The summed E-state index contributed by atoms with van der Waals surface area (Å²) in [6.07, 6.45) is 0.924. The summed E-state index contributed by atoms with van der Waals surface area (Å²) < 4.78 is 38.9. The van der Waals surface area contributed by atoms with E-state index in [1.807, 2.05) is 133 Å². The summed E-state index contributed by atoms with van der Waals surface area (Å²) in [4.78, 5) is 22.3. The summed E-state index contributed by atoms with van der Waals surface area (Å²) >= 11 is 6.79. The molecule has 1 fully saturated rings. The molecule has 5 heterocycles. The van der Waals surface area contributed by atoms with Crippen molar-refractivity contribution in [3.05, 3.63) is 453 Å². The second kappa shape index (κ2) is 35.4. The number of rotatable bonds is 7. The molecular formula is C119H82BBr2N2O10P. The minimum atomic E-state index is -0.446. The quantitative estimate of drug-likeness (QED) is 0.0651. The Morgan fingerprint density at radius 3 is 1.11 bits per heavy atom. The number of para-hydroxylation sites is 4. The van der Waals surface area contributed by atoms with Gasteiger partial charge in [-0.25, -0.2) is 0 Å². The van der Waals surface area contributed by atoms with Crippen molar-refractivity contribution in [1.82, 2.24) is 0 Å². The molecule has 16 heteroatoms. The predicted octanol–water partition coefficient (Wildman–Crippen LogP) is 32.4. The second-order valence-electron chi connectivity index (χ2n) is 34.7. The van der Waals surface area contributed by atoms with Crippen molar-refractivity contribution in [3.63, 3.8) is 0 Å². The van der Waals surface area contributed by atoms with Crippen LogP contribution in [0.15, 0.2) is 439 Å². The maximum Gasteiger partial charge on any atom is 0.495 e. The van der Waals surface area contributed by atoms with Crippen molar-refractivity contribution in [2.24, 2.45) is 0 Å². The highest BCUT2D eigenvalue weighted by atomic mass is 79.9. The van der Waals surface area contributed by atoms with Crippen LogP contribution in [0.2, 0.25) is 0 Å². The van der Waals surface area contributed by atoms with Crippen LogP contribution in [0.4, 0.5) is 11.4 Å². The van der Waals surface area contributed by atoms with Crippen LogP contribution in [0, 0.1) is 20.2 Å². The fraction of sp³-hybridized carbons (Fsp3) is 0.0588. The third kappa shape index (κ3) is 15.5. The van der Waals surface area contributed by atoms with E-state index in [4.69, 9.17) is 27.0 Å². The molecule has 21 aromatic carbocycles. The minimum absolute atomic E-state index is 0.119. The molecule has 0 unspecified atom stereocenters. The Labute approximate surface area is 794 Å². The van der Waals surface area contributed by atoms with E-state index in [0.29, 0.717) is 20.8 Å². The third-order valence-electron chi connectivity index (χ3n) is 26.4. The molecule has 650 valence electrons. The highest BCUT2D eigenvalue weighted by Gasteiger charge is 2.52. The maximum atomic E-state index is 12.1. The van der Waals surface area contributed by atoms with Gasteiger partial charge in [0, 0.05) is 65.1 Å². The van der Waals surface area contributed by atoms with Crippen LogP contribution >= 0.6 is 39.8 Å². The van der Waals surface area contributed by atoms with E-state index in [9.17, 15) is 20.2 Å². The molecule has 27 rings (SSSR count). The highest BCUT2D eigenvalue weighted by Crippen LogP contribution is 2.52. The van der Waals surface area contributed by atoms with Gasteiger partial charge in [-0.05, 0) is 221 Å². The number of hydrogen-bond acceptors (Lipinski definition) is 10. The van der Waals surface area contributed by atoms with Gasteiger partial charge < -0.3 is 27.0 Å². The van der Waals surface area contributed by atoms with E-state index in [0.717, 1.165) is 115 Å². The molecule has 0 saturated carbocycles. The largest absolute Gasteiger partial charge is 0.495 e. The molecule has 135 heavy (non-hydrogen) atoms. The lowest BCUT2D eigenvalue weighted by Crippen LogP contribution is -2.41. The van der Waals surface area contributed by atoms with Crippen LogP contribution in [0.25, 0.3) is 185 Å². The van der Waals surface area contributed by atoms with E-state index < -0.39 is 15.0 Å². The molecule has 0 N–H and O–H groups in total. The first-order valence-corrected chi connectivity index (χ1v) is 47.7. The normalized spacial score (nSPS) is 13.0. The summed E-state index contributed by atoms with van der Waals surface area (Å²) in [5, 5.41) is 51.4. The van der Waals surface area contributed by atoms with Crippen molar-refractivity contribution in [1.29, 1.82) is 0 Å². The standard InChI is InChI=1S/C27H16O.C26H15NO3.C22H21BO3.C18H15P.C16H9BrO.C10H6BrNO2/c1-2-8-17-16(7-1)13-14-20-22(17)15-23-25(20)18-9-3-4-10-19(18)26-21-11-5-6-12-24(21)28-27(23)26;28-27(29)26-17-8-2-1-7-16(17)13-14-20(26)22-15-24-25(19-10-4-3-9-18(19)22)21-11-5-6-12-23(21)30-24;1-21(2)22(3,4)26-23(25-21)17-13-19-20(15-10-6-5-9-14(15)17)16-11-7-8-12-18(16)24-19;1-4-10-16(11-5-1)19(17-12-6-2-7-13-17)18-14-8-3-9-15-18;17-13-9-15-16(11-6-2-1-5-10(11)13)12-7-3-4-8-14(12)18-15;11-9-6-5-7-3-1-2-4-8(7)10(9)12(13)14/h1-14H,15H2;1-15H;5-13H,1-4H3;1-15H;1-9H;1-6H. The van der Waals surface area contributed by atoms with Crippen molar-refractivity contribution >= 4 is 243 Å². The number of nitrogens with zero attached hydrogens (tertiary/aromatic N) is 2. The molecule has 0 spiro atoms. The van der Waals surface area contributed by atoms with Gasteiger partial charge in [0.25, 0.3) is 11.4 Å². The molecule has 0 amide bonds. The fourth-order valence-electron chi connectivity index (χ4n) is 19.5. The molecule has 0 atom stereocenters. The van der Waals surface area contributed by atoms with E-state index in [-0.39, 0.29) is 32.4 Å². The monoisotopic (exact) mass is 1900 g/mol. The number of fused-ring (bicyclic) bond motifs is 29. The molecule has 1 aliphatic carbocycles. The van der Waals surface area contributed by atoms with Gasteiger partial charge in [0.2, 0.25) is 0 Å². The summed E-state index contributed by atoms with van der Waals surface area (Å²) in [6.45, 7) is 8.31. The van der Waals surface area contributed by atoms with Crippen molar-refractivity contribution in [2.45, 2.75) is 45.3 Å². The van der Waals surface area contributed by atoms with Crippen molar-refractivity contribution < 1.29 is 36.8 Å². The summed E-state index contributed by atoms with van der Waals surface area (Å²) in [6, 6.07) is 140. The molecule has 25 aromatic rings. The van der Waals surface area contributed by atoms with Crippen LogP contribution in [-0.2, 0) is 15.7 Å². The van der Waals surface area contributed by atoms with E-state index in [1.54, 1.807) is 24.3 Å². The molecule has 2 aliphatic rings. The van der Waals surface area contributed by atoms with Gasteiger partial charge in [-0.15, -0.1) is 0 Å². The smallest absolute Gasteiger partial charge is 0.456 e. The Bertz CT molecular complexity index is 8900. The number of hydrogen-bond donors (Lipinski definition) is 0. The number of halogens is 2. The average Bonchev–Trinajstić information content (AvgIpc) is 1.55. The zero-order chi connectivity index (χ0) is 91.7. The first-order chi connectivity index (χ1) is 66.0. The van der Waals surface area contributed by atoms with Crippen LogP contribution in [-0.4, -0.2) is 28.2 Å². The lowest BCUT2D eigenvalue weighted by atomic mass is 9.75. The summed E-state index contributed by atoms with van der Waals surface area (Å²) in [5.74, 6) is 0.